The van der Waals surface area contributed by atoms with Gasteiger partial charge in [-0.3, -0.25) is 4.79 Å². The Morgan fingerprint density at radius 1 is 1.39 bits per heavy atom. The standard InChI is InChI=1S/C20H22N4O3S/c1-12-16-18(21-9-13-4-3-5-15(8-13)26-2)22-11-23-20(16)28-17(12)19(25)24-14-6-7-27-10-14/h3-5,8,11,14H,6-7,9-10H2,1-2H3,(H,24,25)(H,21,22,23)/t14-/m1/s1. The lowest BCUT2D eigenvalue weighted by molar-refractivity contribution is 0.0933. The van der Waals surface area contributed by atoms with Crippen molar-refractivity contribution >= 4 is 33.3 Å². The number of fused-ring (bicyclic) bond motifs is 1. The van der Waals surface area contributed by atoms with Crippen LogP contribution in [0.1, 0.15) is 27.2 Å². The van der Waals surface area contributed by atoms with E-state index in [0.717, 1.165) is 39.3 Å². The molecule has 28 heavy (non-hydrogen) atoms. The zero-order chi connectivity index (χ0) is 19.5. The zero-order valence-electron chi connectivity index (χ0n) is 15.8. The van der Waals surface area contributed by atoms with Crippen LogP contribution in [0.3, 0.4) is 0 Å². The Morgan fingerprint density at radius 3 is 3.07 bits per heavy atom. The van der Waals surface area contributed by atoms with Crippen molar-refractivity contribution in [2.45, 2.75) is 25.9 Å². The average Bonchev–Trinajstić information content (AvgIpc) is 3.34. The van der Waals surface area contributed by atoms with Crippen LogP contribution >= 0.6 is 11.3 Å². The number of nitrogens with zero attached hydrogens (tertiary/aromatic N) is 2. The lowest BCUT2D eigenvalue weighted by Crippen LogP contribution is -2.34. The molecule has 2 aromatic heterocycles. The van der Waals surface area contributed by atoms with E-state index in [4.69, 9.17) is 9.47 Å². The molecule has 0 saturated carbocycles. The molecule has 1 fully saturated rings. The number of aryl methyl sites for hydroxylation is 1. The molecule has 1 aliphatic heterocycles. The zero-order valence-corrected chi connectivity index (χ0v) is 16.6. The van der Waals surface area contributed by atoms with E-state index in [2.05, 4.69) is 20.6 Å². The summed E-state index contributed by atoms with van der Waals surface area (Å²) in [5.41, 5.74) is 1.98. The fraction of sp³-hybridized carbons (Fsp3) is 0.350. The number of aromatic nitrogens is 2. The maximum atomic E-state index is 12.7. The van der Waals surface area contributed by atoms with Gasteiger partial charge in [-0.25, -0.2) is 9.97 Å². The molecule has 7 nitrogen and oxygen atoms in total. The first-order valence-electron chi connectivity index (χ1n) is 9.15. The molecule has 1 atom stereocenters. The summed E-state index contributed by atoms with van der Waals surface area (Å²) in [5.74, 6) is 1.47. The molecule has 8 heteroatoms. The number of hydrogen-bond donors (Lipinski definition) is 2. The Kier molecular flexibility index (Phi) is 5.40. The summed E-state index contributed by atoms with van der Waals surface area (Å²) < 4.78 is 10.6. The van der Waals surface area contributed by atoms with Gasteiger partial charge in [0.2, 0.25) is 0 Å². The monoisotopic (exact) mass is 398 g/mol. The second-order valence-electron chi connectivity index (χ2n) is 6.70. The number of amides is 1. The molecular formula is C20H22N4O3S. The van der Waals surface area contributed by atoms with E-state index in [1.807, 2.05) is 31.2 Å². The van der Waals surface area contributed by atoms with Crippen molar-refractivity contribution in [1.82, 2.24) is 15.3 Å². The van der Waals surface area contributed by atoms with Crippen LogP contribution < -0.4 is 15.4 Å². The molecule has 0 radical (unpaired) electrons. The number of thiophene rings is 1. The van der Waals surface area contributed by atoms with Gasteiger partial charge in [-0.1, -0.05) is 12.1 Å². The van der Waals surface area contributed by atoms with Crippen molar-refractivity contribution in [1.29, 1.82) is 0 Å². The second kappa shape index (κ2) is 8.12. The van der Waals surface area contributed by atoms with Crippen LogP contribution in [0, 0.1) is 6.92 Å². The molecule has 0 aliphatic carbocycles. The first-order valence-corrected chi connectivity index (χ1v) is 9.97. The number of nitrogens with one attached hydrogen (secondary N) is 2. The summed E-state index contributed by atoms with van der Waals surface area (Å²) in [6.45, 7) is 3.81. The van der Waals surface area contributed by atoms with E-state index in [9.17, 15) is 4.79 Å². The van der Waals surface area contributed by atoms with Gasteiger partial charge >= 0.3 is 0 Å². The number of methoxy groups -OCH3 is 1. The molecule has 0 unspecified atom stereocenters. The average molecular weight is 398 g/mol. The van der Waals surface area contributed by atoms with Gasteiger partial charge in [-0.05, 0) is 36.6 Å². The summed E-state index contributed by atoms with van der Waals surface area (Å²) in [4.78, 5) is 23.0. The molecular weight excluding hydrogens is 376 g/mol. The van der Waals surface area contributed by atoms with Crippen molar-refractivity contribution < 1.29 is 14.3 Å². The maximum Gasteiger partial charge on any atom is 0.262 e. The van der Waals surface area contributed by atoms with Gasteiger partial charge in [0.25, 0.3) is 5.91 Å². The SMILES string of the molecule is COc1cccc(CNc2ncnc3sc(C(=O)N[C@@H]4CCOC4)c(C)c23)c1. The van der Waals surface area contributed by atoms with Crippen LogP contribution in [0.2, 0.25) is 0 Å². The first kappa shape index (κ1) is 18.6. The summed E-state index contributed by atoms with van der Waals surface area (Å²) in [5, 5.41) is 7.31. The molecule has 1 amide bonds. The number of carbonyl (C=O) groups is 1. The lowest BCUT2D eigenvalue weighted by atomic mass is 10.1. The number of benzene rings is 1. The van der Waals surface area contributed by atoms with Crippen molar-refractivity contribution in [3.8, 4) is 5.75 Å². The molecule has 1 aliphatic rings. The largest absolute Gasteiger partial charge is 0.497 e. The van der Waals surface area contributed by atoms with Crippen LogP contribution in [0.4, 0.5) is 5.82 Å². The Morgan fingerprint density at radius 2 is 2.29 bits per heavy atom. The predicted molar refractivity (Wildman–Crippen MR) is 109 cm³/mol. The van der Waals surface area contributed by atoms with Crippen LogP contribution in [-0.2, 0) is 11.3 Å². The summed E-state index contributed by atoms with van der Waals surface area (Å²) >= 11 is 1.39. The van der Waals surface area contributed by atoms with E-state index in [1.54, 1.807) is 7.11 Å². The second-order valence-corrected chi connectivity index (χ2v) is 7.70. The van der Waals surface area contributed by atoms with E-state index in [1.165, 1.54) is 17.7 Å². The molecule has 3 heterocycles. The minimum atomic E-state index is -0.0743. The summed E-state index contributed by atoms with van der Waals surface area (Å²) in [6.07, 6.45) is 2.38. The smallest absolute Gasteiger partial charge is 0.262 e. The molecule has 1 aromatic carbocycles. The van der Waals surface area contributed by atoms with Gasteiger partial charge in [0.15, 0.2) is 0 Å². The van der Waals surface area contributed by atoms with Gasteiger partial charge < -0.3 is 20.1 Å². The fourth-order valence-electron chi connectivity index (χ4n) is 3.29. The highest BCUT2D eigenvalue weighted by atomic mass is 32.1. The summed E-state index contributed by atoms with van der Waals surface area (Å²) in [6, 6.07) is 7.95. The van der Waals surface area contributed by atoms with Gasteiger partial charge in [0.1, 0.15) is 22.7 Å². The number of carbonyl (C=O) groups excluding carboxylic acids is 1. The minimum Gasteiger partial charge on any atom is -0.497 e. The normalized spacial score (nSPS) is 16.3. The van der Waals surface area contributed by atoms with E-state index in [0.29, 0.717) is 24.6 Å². The van der Waals surface area contributed by atoms with Crippen molar-refractivity contribution in [2.24, 2.45) is 0 Å². The van der Waals surface area contributed by atoms with Crippen molar-refractivity contribution in [2.75, 3.05) is 25.6 Å². The van der Waals surface area contributed by atoms with Crippen LogP contribution in [0.15, 0.2) is 30.6 Å². The molecule has 4 rings (SSSR count). The van der Waals surface area contributed by atoms with E-state index in [-0.39, 0.29) is 11.9 Å². The number of hydrogen-bond acceptors (Lipinski definition) is 7. The van der Waals surface area contributed by atoms with Gasteiger partial charge in [0, 0.05) is 13.2 Å². The fourth-order valence-corrected chi connectivity index (χ4v) is 4.34. The van der Waals surface area contributed by atoms with Crippen LogP contribution in [0.5, 0.6) is 5.75 Å². The summed E-state index contributed by atoms with van der Waals surface area (Å²) in [7, 11) is 1.65. The Bertz CT molecular complexity index is 998. The number of rotatable bonds is 6. The van der Waals surface area contributed by atoms with Gasteiger partial charge in [-0.15, -0.1) is 11.3 Å². The predicted octanol–water partition coefficient (Wildman–Crippen LogP) is 3.14. The highest BCUT2D eigenvalue weighted by molar-refractivity contribution is 7.20. The third kappa shape index (κ3) is 3.79. The van der Waals surface area contributed by atoms with Crippen molar-refractivity contribution in [3.63, 3.8) is 0 Å². The first-order chi connectivity index (χ1) is 13.7. The van der Waals surface area contributed by atoms with Crippen LogP contribution in [0.25, 0.3) is 10.2 Å². The third-order valence-electron chi connectivity index (χ3n) is 4.79. The Balaban J connectivity index is 1.57. The van der Waals surface area contributed by atoms with Gasteiger partial charge in [-0.2, -0.15) is 0 Å². The molecule has 2 N–H and O–H groups in total. The Hall–Kier alpha value is -2.71. The van der Waals surface area contributed by atoms with Gasteiger partial charge in [0.05, 0.1) is 30.0 Å². The molecule has 0 spiro atoms. The molecule has 3 aromatic rings. The van der Waals surface area contributed by atoms with E-state index < -0.39 is 0 Å². The topological polar surface area (TPSA) is 85.4 Å². The highest BCUT2D eigenvalue weighted by Crippen LogP contribution is 2.33. The third-order valence-corrected chi connectivity index (χ3v) is 5.99. The quantitative estimate of drug-likeness (QED) is 0.664. The maximum absolute atomic E-state index is 12.7. The molecule has 0 bridgehead atoms. The minimum absolute atomic E-state index is 0.0743. The number of anilines is 1. The van der Waals surface area contributed by atoms with E-state index >= 15 is 0 Å². The highest BCUT2D eigenvalue weighted by Gasteiger charge is 2.23. The Labute approximate surface area is 167 Å². The lowest BCUT2D eigenvalue weighted by Gasteiger charge is -2.10. The molecule has 146 valence electrons. The molecule has 1 saturated heterocycles. The van der Waals surface area contributed by atoms with Crippen LogP contribution in [-0.4, -0.2) is 42.2 Å². The number of ether oxygens (including phenoxy) is 2. The van der Waals surface area contributed by atoms with Crippen molar-refractivity contribution in [3.05, 3.63) is 46.6 Å².